The number of aromatic hydroxyl groups is 1. The summed E-state index contributed by atoms with van der Waals surface area (Å²) >= 11 is 3.25. The Morgan fingerprint density at radius 3 is 2.52 bits per heavy atom. The van der Waals surface area contributed by atoms with Crippen molar-refractivity contribution in [3.63, 3.8) is 0 Å². The number of halogens is 2. The van der Waals surface area contributed by atoms with E-state index in [1.54, 1.807) is 24.3 Å². The Morgan fingerprint density at radius 1 is 1.04 bits per heavy atom. The van der Waals surface area contributed by atoms with Crippen LogP contribution >= 0.6 is 15.9 Å². The van der Waals surface area contributed by atoms with Crippen molar-refractivity contribution in [3.8, 4) is 5.75 Å². The second-order valence-corrected chi connectivity index (χ2v) is 5.95. The smallest absolute Gasteiger partial charge is 0.259 e. The SMILES string of the molecule is O=C(Nc1ccccc1)c1ccc(Br)nc1Nc1ccc(O)c(F)c1. The van der Waals surface area contributed by atoms with Gasteiger partial charge in [0.1, 0.15) is 10.4 Å². The normalized spacial score (nSPS) is 10.3. The summed E-state index contributed by atoms with van der Waals surface area (Å²) in [5, 5.41) is 14.9. The van der Waals surface area contributed by atoms with E-state index in [1.165, 1.54) is 12.1 Å². The molecular weight excluding hydrogens is 389 g/mol. The number of rotatable bonds is 4. The zero-order valence-electron chi connectivity index (χ0n) is 12.8. The summed E-state index contributed by atoms with van der Waals surface area (Å²) in [6.07, 6.45) is 0. The molecule has 2 aromatic carbocycles. The van der Waals surface area contributed by atoms with Gasteiger partial charge in [0.25, 0.3) is 5.91 Å². The number of hydrogen-bond acceptors (Lipinski definition) is 4. The molecule has 3 aromatic rings. The lowest BCUT2D eigenvalue weighted by atomic mass is 10.2. The molecule has 0 atom stereocenters. The lowest BCUT2D eigenvalue weighted by Gasteiger charge is -2.12. The molecular formula is C18H13BrFN3O2. The monoisotopic (exact) mass is 401 g/mol. The quantitative estimate of drug-likeness (QED) is 0.438. The molecule has 3 rings (SSSR count). The van der Waals surface area contributed by atoms with Gasteiger partial charge in [-0.2, -0.15) is 0 Å². The largest absolute Gasteiger partial charge is 0.505 e. The molecule has 0 aliphatic rings. The summed E-state index contributed by atoms with van der Waals surface area (Å²) in [5.74, 6) is -1.31. The molecule has 25 heavy (non-hydrogen) atoms. The first-order chi connectivity index (χ1) is 12.0. The van der Waals surface area contributed by atoms with E-state index >= 15 is 0 Å². The average molecular weight is 402 g/mol. The first-order valence-electron chi connectivity index (χ1n) is 7.31. The van der Waals surface area contributed by atoms with Gasteiger partial charge in [-0.05, 0) is 52.3 Å². The summed E-state index contributed by atoms with van der Waals surface area (Å²) < 4.78 is 14.0. The van der Waals surface area contributed by atoms with Gasteiger partial charge in [-0.15, -0.1) is 0 Å². The van der Waals surface area contributed by atoms with Crippen LogP contribution in [0.5, 0.6) is 5.75 Å². The number of para-hydroxylation sites is 1. The van der Waals surface area contributed by atoms with Crippen LogP contribution in [-0.4, -0.2) is 16.0 Å². The van der Waals surface area contributed by atoms with Crippen LogP contribution in [0, 0.1) is 5.82 Å². The molecule has 7 heteroatoms. The second kappa shape index (κ2) is 7.31. The first-order valence-corrected chi connectivity index (χ1v) is 8.11. The van der Waals surface area contributed by atoms with Crippen molar-refractivity contribution in [2.45, 2.75) is 0 Å². The van der Waals surface area contributed by atoms with E-state index < -0.39 is 11.6 Å². The number of pyridine rings is 1. The fourth-order valence-electron chi connectivity index (χ4n) is 2.16. The summed E-state index contributed by atoms with van der Waals surface area (Å²) in [4.78, 5) is 16.8. The Bertz CT molecular complexity index is 919. The summed E-state index contributed by atoms with van der Waals surface area (Å²) in [6, 6.07) is 16.1. The molecule has 0 radical (unpaired) electrons. The Hall–Kier alpha value is -2.93. The second-order valence-electron chi connectivity index (χ2n) is 5.14. The summed E-state index contributed by atoms with van der Waals surface area (Å²) in [6.45, 7) is 0. The number of carbonyl (C=O) groups excluding carboxylic acids is 1. The molecule has 0 saturated carbocycles. The fourth-order valence-corrected chi connectivity index (χ4v) is 2.46. The number of phenols is 1. The number of amides is 1. The molecule has 0 aliphatic carbocycles. The minimum Gasteiger partial charge on any atom is -0.505 e. The molecule has 126 valence electrons. The molecule has 0 bridgehead atoms. The zero-order chi connectivity index (χ0) is 17.8. The standard InChI is InChI=1S/C18H13BrFN3O2/c19-16-9-7-13(18(25)22-11-4-2-1-3-5-11)17(23-16)21-12-6-8-15(24)14(20)10-12/h1-10,24H,(H,21,23)(H,22,25). The van der Waals surface area contributed by atoms with Crippen LogP contribution < -0.4 is 10.6 Å². The van der Waals surface area contributed by atoms with E-state index in [1.807, 2.05) is 18.2 Å². The molecule has 0 fully saturated rings. The number of phenolic OH excluding ortho intramolecular Hbond substituents is 1. The number of carbonyl (C=O) groups is 1. The number of nitrogens with one attached hydrogen (secondary N) is 2. The molecule has 1 heterocycles. The number of benzene rings is 2. The molecule has 0 aliphatic heterocycles. The maximum atomic E-state index is 13.5. The van der Waals surface area contributed by atoms with Crippen LogP contribution in [0.1, 0.15) is 10.4 Å². The molecule has 5 nitrogen and oxygen atoms in total. The van der Waals surface area contributed by atoms with Gasteiger partial charge in [-0.1, -0.05) is 18.2 Å². The van der Waals surface area contributed by atoms with Gasteiger partial charge in [0, 0.05) is 17.4 Å². The van der Waals surface area contributed by atoms with Gasteiger partial charge < -0.3 is 15.7 Å². The predicted molar refractivity (Wildman–Crippen MR) is 97.7 cm³/mol. The van der Waals surface area contributed by atoms with Gasteiger partial charge in [-0.3, -0.25) is 4.79 Å². The van der Waals surface area contributed by atoms with Crippen LogP contribution in [0.3, 0.4) is 0 Å². The molecule has 0 spiro atoms. The highest BCUT2D eigenvalue weighted by molar-refractivity contribution is 9.10. The number of hydrogen-bond donors (Lipinski definition) is 3. The summed E-state index contributed by atoms with van der Waals surface area (Å²) in [7, 11) is 0. The molecule has 1 amide bonds. The van der Waals surface area contributed by atoms with Crippen molar-refractivity contribution >= 4 is 39.0 Å². The van der Waals surface area contributed by atoms with Crippen LogP contribution in [-0.2, 0) is 0 Å². The van der Waals surface area contributed by atoms with Gasteiger partial charge in [0.05, 0.1) is 5.56 Å². The number of nitrogens with zero attached hydrogens (tertiary/aromatic N) is 1. The highest BCUT2D eigenvalue weighted by Gasteiger charge is 2.14. The maximum Gasteiger partial charge on any atom is 0.259 e. The van der Waals surface area contributed by atoms with Gasteiger partial charge in [0.2, 0.25) is 0 Å². The minimum atomic E-state index is -0.768. The average Bonchev–Trinajstić information content (AvgIpc) is 2.59. The predicted octanol–water partition coefficient (Wildman–Crippen LogP) is 4.68. The third-order valence-electron chi connectivity index (χ3n) is 3.35. The van der Waals surface area contributed by atoms with Crippen LogP contribution in [0.25, 0.3) is 0 Å². The fraction of sp³-hybridized carbons (Fsp3) is 0. The van der Waals surface area contributed by atoms with E-state index in [9.17, 15) is 14.3 Å². The van der Waals surface area contributed by atoms with Crippen LogP contribution in [0.4, 0.5) is 21.6 Å². The van der Waals surface area contributed by atoms with E-state index in [0.29, 0.717) is 21.5 Å². The van der Waals surface area contributed by atoms with Crippen molar-refractivity contribution in [1.29, 1.82) is 0 Å². The van der Waals surface area contributed by atoms with E-state index in [4.69, 9.17) is 0 Å². The van der Waals surface area contributed by atoms with E-state index in [2.05, 4.69) is 31.5 Å². The van der Waals surface area contributed by atoms with Gasteiger partial charge >= 0.3 is 0 Å². The lowest BCUT2D eigenvalue weighted by molar-refractivity contribution is 0.102. The number of aromatic nitrogens is 1. The molecule has 3 N–H and O–H groups in total. The lowest BCUT2D eigenvalue weighted by Crippen LogP contribution is -2.14. The van der Waals surface area contributed by atoms with E-state index in [-0.39, 0.29) is 11.7 Å². The van der Waals surface area contributed by atoms with Crippen LogP contribution in [0.2, 0.25) is 0 Å². The topological polar surface area (TPSA) is 74.2 Å². The highest BCUT2D eigenvalue weighted by atomic mass is 79.9. The van der Waals surface area contributed by atoms with Gasteiger partial charge in [-0.25, -0.2) is 9.37 Å². The number of anilines is 3. The Balaban J connectivity index is 1.89. The van der Waals surface area contributed by atoms with E-state index in [0.717, 1.165) is 6.07 Å². The maximum absolute atomic E-state index is 13.5. The Kier molecular flexibility index (Phi) is 4.95. The Morgan fingerprint density at radius 2 is 1.80 bits per heavy atom. The van der Waals surface area contributed by atoms with Crippen molar-refractivity contribution in [3.05, 3.63) is 76.6 Å². The molecule has 0 unspecified atom stereocenters. The van der Waals surface area contributed by atoms with Crippen molar-refractivity contribution in [1.82, 2.24) is 4.98 Å². The van der Waals surface area contributed by atoms with Crippen molar-refractivity contribution < 1.29 is 14.3 Å². The minimum absolute atomic E-state index is 0.257. The highest BCUT2D eigenvalue weighted by Crippen LogP contribution is 2.25. The molecule has 0 saturated heterocycles. The van der Waals surface area contributed by atoms with Gasteiger partial charge in [0.15, 0.2) is 11.6 Å². The van der Waals surface area contributed by atoms with Crippen molar-refractivity contribution in [2.24, 2.45) is 0 Å². The zero-order valence-corrected chi connectivity index (χ0v) is 14.4. The summed E-state index contributed by atoms with van der Waals surface area (Å²) in [5.41, 5.74) is 1.30. The first kappa shape index (κ1) is 16.9. The van der Waals surface area contributed by atoms with Crippen LogP contribution in [0.15, 0.2) is 65.3 Å². The molecule has 1 aromatic heterocycles. The Labute approximate surface area is 151 Å². The third kappa shape index (κ3) is 4.13. The van der Waals surface area contributed by atoms with Crippen molar-refractivity contribution in [2.75, 3.05) is 10.6 Å². The third-order valence-corrected chi connectivity index (χ3v) is 3.79.